The molecule has 0 atom stereocenters. The first-order valence-electron chi connectivity index (χ1n) is 8.33. The summed E-state index contributed by atoms with van der Waals surface area (Å²) in [6, 6.07) is 9.54. The maximum Gasteiger partial charge on any atom is 0.313 e. The van der Waals surface area contributed by atoms with Crippen molar-refractivity contribution in [2.75, 3.05) is 19.8 Å². The topological polar surface area (TPSA) is 96.0 Å². The molecular weight excluding hydrogens is 340 g/mol. The van der Waals surface area contributed by atoms with Gasteiger partial charge in [0, 0.05) is 0 Å². The normalized spacial score (nSPS) is 9.50. The van der Waals surface area contributed by atoms with Gasteiger partial charge in [0.1, 0.15) is 25.2 Å². The number of Topliss-reactive ketones (excluding diaryl/α,β-unsaturated/α-hetero) is 2. The van der Waals surface area contributed by atoms with Gasteiger partial charge in [-0.15, -0.1) is 0 Å². The van der Waals surface area contributed by atoms with Gasteiger partial charge in [-0.2, -0.15) is 0 Å². The zero-order valence-corrected chi connectivity index (χ0v) is 15.5. The number of benzene rings is 1. The molecule has 7 heteroatoms. The quantitative estimate of drug-likeness (QED) is 0.463. The van der Waals surface area contributed by atoms with E-state index < -0.39 is 11.9 Å². The minimum atomic E-state index is -0.499. The van der Waals surface area contributed by atoms with Crippen LogP contribution >= 0.6 is 0 Å². The lowest BCUT2D eigenvalue weighted by atomic mass is 10.2. The zero-order valence-electron chi connectivity index (χ0n) is 15.5. The third kappa shape index (κ3) is 13.9. The van der Waals surface area contributed by atoms with Gasteiger partial charge in [0.25, 0.3) is 0 Å². The number of carbonyl (C=O) groups excluding carboxylic acids is 4. The van der Waals surface area contributed by atoms with Crippen molar-refractivity contribution < 1.29 is 33.4 Å². The highest BCUT2D eigenvalue weighted by molar-refractivity contribution is 5.96. The number of rotatable bonds is 10. The molecule has 0 aliphatic carbocycles. The summed E-state index contributed by atoms with van der Waals surface area (Å²) >= 11 is 0. The van der Waals surface area contributed by atoms with Crippen LogP contribution in [0.1, 0.15) is 39.2 Å². The van der Waals surface area contributed by atoms with E-state index in [0.717, 1.165) is 5.56 Å². The molecule has 7 nitrogen and oxygen atoms in total. The summed E-state index contributed by atoms with van der Waals surface area (Å²) < 4.78 is 14.4. The van der Waals surface area contributed by atoms with E-state index in [1.54, 1.807) is 13.8 Å². The maximum atomic E-state index is 11.3. The van der Waals surface area contributed by atoms with Gasteiger partial charge in [-0.25, -0.2) is 0 Å². The predicted molar refractivity (Wildman–Crippen MR) is 94.3 cm³/mol. The molecule has 0 aliphatic heterocycles. The Labute approximate surface area is 153 Å². The summed E-state index contributed by atoms with van der Waals surface area (Å²) in [5.74, 6) is -1.36. The third-order valence-corrected chi connectivity index (χ3v) is 2.72. The molecule has 0 radical (unpaired) electrons. The van der Waals surface area contributed by atoms with Crippen LogP contribution in [0.15, 0.2) is 30.3 Å². The molecule has 1 rings (SSSR count). The van der Waals surface area contributed by atoms with E-state index >= 15 is 0 Å². The van der Waals surface area contributed by atoms with Gasteiger partial charge in [-0.1, -0.05) is 30.3 Å². The van der Waals surface area contributed by atoms with Crippen LogP contribution in [-0.2, 0) is 40.0 Å². The summed E-state index contributed by atoms with van der Waals surface area (Å²) in [4.78, 5) is 42.9. The van der Waals surface area contributed by atoms with Gasteiger partial charge in [-0.05, 0) is 26.3 Å². The molecule has 0 N–H and O–H groups in total. The molecule has 26 heavy (non-hydrogen) atoms. The lowest BCUT2D eigenvalue weighted by Gasteiger charge is -2.03. The van der Waals surface area contributed by atoms with Gasteiger partial charge in [0.15, 0.2) is 5.78 Å². The van der Waals surface area contributed by atoms with E-state index in [2.05, 4.69) is 9.47 Å². The molecule has 0 fully saturated rings. The standard InChI is InChI=1S/C13H16O4.C6H10O3/c1-2-17-13(15)8-12(14)10-16-9-11-6-4-3-5-7-11;1-3-9-6(8)4-5(2)7/h3-7H,2,8-10H2,1H3;3-4H2,1-2H3. The second-order valence-electron chi connectivity index (χ2n) is 5.18. The number of ether oxygens (including phenoxy) is 3. The van der Waals surface area contributed by atoms with Crippen LogP contribution in [0.3, 0.4) is 0 Å². The van der Waals surface area contributed by atoms with Crippen molar-refractivity contribution in [2.45, 2.75) is 40.2 Å². The van der Waals surface area contributed by atoms with E-state index in [0.29, 0.717) is 13.2 Å². The Kier molecular flexibility index (Phi) is 13.3. The number of esters is 2. The lowest BCUT2D eigenvalue weighted by Crippen LogP contribution is -2.15. The summed E-state index contributed by atoms with van der Waals surface area (Å²) in [6.45, 7) is 5.70. The van der Waals surface area contributed by atoms with Crippen LogP contribution in [0.5, 0.6) is 0 Å². The molecule has 1 aromatic rings. The van der Waals surface area contributed by atoms with Crippen molar-refractivity contribution in [3.05, 3.63) is 35.9 Å². The average Bonchev–Trinajstić information content (AvgIpc) is 2.56. The Morgan fingerprint density at radius 2 is 1.38 bits per heavy atom. The van der Waals surface area contributed by atoms with E-state index in [4.69, 9.17) is 4.74 Å². The molecule has 0 aromatic heterocycles. The van der Waals surface area contributed by atoms with Crippen LogP contribution in [0.25, 0.3) is 0 Å². The van der Waals surface area contributed by atoms with Crippen molar-refractivity contribution in [1.29, 1.82) is 0 Å². The van der Waals surface area contributed by atoms with Crippen LogP contribution in [0.2, 0.25) is 0 Å². The largest absolute Gasteiger partial charge is 0.466 e. The Morgan fingerprint density at radius 3 is 1.88 bits per heavy atom. The minimum Gasteiger partial charge on any atom is -0.466 e. The summed E-state index contributed by atoms with van der Waals surface area (Å²) in [6.07, 6.45) is -0.323. The van der Waals surface area contributed by atoms with Gasteiger partial charge >= 0.3 is 11.9 Å². The van der Waals surface area contributed by atoms with Crippen molar-refractivity contribution in [3.63, 3.8) is 0 Å². The van der Waals surface area contributed by atoms with Crippen molar-refractivity contribution in [3.8, 4) is 0 Å². The Balaban J connectivity index is 0.000000590. The molecule has 0 bridgehead atoms. The fourth-order valence-corrected chi connectivity index (χ4v) is 1.70. The fraction of sp³-hybridized carbons (Fsp3) is 0.474. The number of hydrogen-bond acceptors (Lipinski definition) is 7. The Hall–Kier alpha value is -2.54. The highest BCUT2D eigenvalue weighted by Gasteiger charge is 2.10. The summed E-state index contributed by atoms with van der Waals surface area (Å²) in [7, 11) is 0. The smallest absolute Gasteiger partial charge is 0.313 e. The average molecular weight is 366 g/mol. The lowest BCUT2D eigenvalue weighted by molar-refractivity contribution is -0.147. The summed E-state index contributed by atoms with van der Waals surface area (Å²) in [5, 5.41) is 0. The zero-order chi connectivity index (χ0) is 19.8. The van der Waals surface area contributed by atoms with Gasteiger partial charge in [0.05, 0.1) is 19.8 Å². The second-order valence-corrected chi connectivity index (χ2v) is 5.18. The molecular formula is C19H26O7. The van der Waals surface area contributed by atoms with Gasteiger partial charge in [-0.3, -0.25) is 19.2 Å². The van der Waals surface area contributed by atoms with Gasteiger partial charge < -0.3 is 14.2 Å². The molecule has 0 unspecified atom stereocenters. The second kappa shape index (κ2) is 14.8. The molecule has 0 amide bonds. The SMILES string of the molecule is CCOC(=O)CC(=O)COCc1ccccc1.CCOC(=O)CC(C)=O. The van der Waals surface area contributed by atoms with Crippen LogP contribution in [0, 0.1) is 0 Å². The Morgan fingerprint density at radius 1 is 0.846 bits per heavy atom. The Bertz CT molecular complexity index is 567. The number of hydrogen-bond donors (Lipinski definition) is 0. The molecule has 0 saturated heterocycles. The van der Waals surface area contributed by atoms with Crippen molar-refractivity contribution in [1.82, 2.24) is 0 Å². The molecule has 0 spiro atoms. The van der Waals surface area contributed by atoms with E-state index in [-0.39, 0.29) is 37.6 Å². The molecule has 0 saturated carbocycles. The highest BCUT2D eigenvalue weighted by atomic mass is 16.5. The van der Waals surface area contributed by atoms with Gasteiger partial charge in [0.2, 0.25) is 0 Å². The predicted octanol–water partition coefficient (Wildman–Crippen LogP) is 2.25. The first-order chi connectivity index (χ1) is 12.4. The van der Waals surface area contributed by atoms with E-state index in [1.165, 1.54) is 6.92 Å². The molecule has 1 aromatic carbocycles. The fourth-order valence-electron chi connectivity index (χ4n) is 1.70. The third-order valence-electron chi connectivity index (χ3n) is 2.72. The first-order valence-corrected chi connectivity index (χ1v) is 8.33. The van der Waals surface area contributed by atoms with E-state index in [1.807, 2.05) is 30.3 Å². The van der Waals surface area contributed by atoms with Crippen molar-refractivity contribution >= 4 is 23.5 Å². The summed E-state index contributed by atoms with van der Waals surface area (Å²) in [5.41, 5.74) is 0.997. The van der Waals surface area contributed by atoms with Crippen LogP contribution in [0.4, 0.5) is 0 Å². The van der Waals surface area contributed by atoms with E-state index in [9.17, 15) is 19.2 Å². The maximum absolute atomic E-state index is 11.3. The van der Waals surface area contributed by atoms with Crippen molar-refractivity contribution in [2.24, 2.45) is 0 Å². The highest BCUT2D eigenvalue weighted by Crippen LogP contribution is 2.00. The minimum absolute atomic E-state index is 0.0618. The molecule has 144 valence electrons. The monoisotopic (exact) mass is 366 g/mol. The first kappa shape index (κ1) is 23.5. The molecule has 0 heterocycles. The molecule has 0 aliphatic rings. The number of carbonyl (C=O) groups is 4. The van der Waals surface area contributed by atoms with Crippen LogP contribution < -0.4 is 0 Å². The van der Waals surface area contributed by atoms with Crippen LogP contribution in [-0.4, -0.2) is 43.3 Å². The number of ketones is 2.